The number of unbranched alkanes of at least 4 members (excludes halogenated alkanes) is 5. The van der Waals surface area contributed by atoms with Gasteiger partial charge in [-0.3, -0.25) is 4.79 Å². The van der Waals surface area contributed by atoms with Gasteiger partial charge in [0.2, 0.25) is 0 Å². The molecule has 2 N–H and O–H groups in total. The summed E-state index contributed by atoms with van der Waals surface area (Å²) >= 11 is 0. The number of carbonyl (C=O) groups excluding carboxylic acids is 2. The minimum absolute atomic E-state index is 0.0992. The van der Waals surface area contributed by atoms with Crippen LogP contribution in [-0.4, -0.2) is 34.0 Å². The molecule has 144 valence electrons. The van der Waals surface area contributed by atoms with Gasteiger partial charge in [0.25, 0.3) is 0 Å². The molecule has 4 atom stereocenters. The van der Waals surface area contributed by atoms with Crippen LogP contribution in [0.2, 0.25) is 0 Å². The molecule has 1 saturated carbocycles. The first-order valence-corrected chi connectivity index (χ1v) is 9.94. The molecule has 1 rings (SSSR count). The summed E-state index contributed by atoms with van der Waals surface area (Å²) in [6.07, 6.45) is 13.2. The molecule has 0 amide bonds. The fourth-order valence-electron chi connectivity index (χ4n) is 3.68. The number of carbonyl (C=O) groups is 2. The molecule has 1 aliphatic rings. The Hall–Kier alpha value is -1.00. The minimum atomic E-state index is -0.714. The number of Topliss-reactive ketones (excluding diaryl/α,β-unsaturated/α-hetero) is 1. The summed E-state index contributed by atoms with van der Waals surface area (Å²) in [4.78, 5) is 22.5. The van der Waals surface area contributed by atoms with Crippen LogP contribution in [0.4, 0.5) is 0 Å². The van der Waals surface area contributed by atoms with E-state index in [4.69, 9.17) is 0 Å². The van der Waals surface area contributed by atoms with E-state index in [1.807, 2.05) is 19.1 Å². The minimum Gasteiger partial charge on any atom is -0.392 e. The van der Waals surface area contributed by atoms with Crippen molar-refractivity contribution in [3.8, 4) is 0 Å². The molecular formula is C21H36O4. The maximum Gasteiger partial charge on any atom is 0.139 e. The number of rotatable bonds is 13. The van der Waals surface area contributed by atoms with Crippen molar-refractivity contribution in [1.29, 1.82) is 0 Å². The Balaban J connectivity index is 2.46. The lowest BCUT2D eigenvalue weighted by molar-refractivity contribution is -0.121. The summed E-state index contributed by atoms with van der Waals surface area (Å²) in [5, 5.41) is 20.5. The molecule has 0 bridgehead atoms. The van der Waals surface area contributed by atoms with E-state index < -0.39 is 11.7 Å². The molecule has 1 aliphatic carbocycles. The number of aliphatic hydroxyl groups is 2. The largest absolute Gasteiger partial charge is 0.392 e. The normalized spacial score (nSPS) is 26.2. The van der Waals surface area contributed by atoms with Gasteiger partial charge in [0, 0.05) is 24.7 Å². The van der Waals surface area contributed by atoms with Gasteiger partial charge in [-0.2, -0.15) is 0 Å². The first-order valence-electron chi connectivity index (χ1n) is 9.94. The molecule has 0 aromatic carbocycles. The molecule has 0 aliphatic heterocycles. The van der Waals surface area contributed by atoms with Crippen molar-refractivity contribution in [3.05, 3.63) is 12.2 Å². The van der Waals surface area contributed by atoms with Crippen molar-refractivity contribution in [1.82, 2.24) is 0 Å². The summed E-state index contributed by atoms with van der Waals surface area (Å²) in [5.74, 6) is -0.0600. The van der Waals surface area contributed by atoms with Gasteiger partial charge in [0.05, 0.1) is 11.7 Å². The predicted molar refractivity (Wildman–Crippen MR) is 100 cm³/mol. The molecule has 0 heterocycles. The summed E-state index contributed by atoms with van der Waals surface area (Å²) in [6.45, 7) is 3.95. The maximum absolute atomic E-state index is 12.2. The highest BCUT2D eigenvalue weighted by Gasteiger charge is 2.39. The second kappa shape index (κ2) is 11.6. The highest BCUT2D eigenvalue weighted by molar-refractivity contribution is 5.84. The molecule has 25 heavy (non-hydrogen) atoms. The van der Waals surface area contributed by atoms with Gasteiger partial charge in [-0.05, 0) is 32.6 Å². The highest BCUT2D eigenvalue weighted by Crippen LogP contribution is 2.34. The number of ketones is 1. The number of hydrogen-bond donors (Lipinski definition) is 2. The van der Waals surface area contributed by atoms with Crippen molar-refractivity contribution in [2.24, 2.45) is 11.8 Å². The van der Waals surface area contributed by atoms with Crippen LogP contribution >= 0.6 is 0 Å². The lowest BCUT2D eigenvalue weighted by Gasteiger charge is -2.22. The van der Waals surface area contributed by atoms with Crippen LogP contribution in [0, 0.1) is 11.8 Å². The Labute approximate surface area is 152 Å². The number of aliphatic hydroxyl groups excluding tert-OH is 1. The maximum atomic E-state index is 12.2. The smallest absolute Gasteiger partial charge is 0.139 e. The van der Waals surface area contributed by atoms with E-state index in [9.17, 15) is 19.8 Å². The van der Waals surface area contributed by atoms with Gasteiger partial charge in [-0.15, -0.1) is 0 Å². The van der Waals surface area contributed by atoms with Crippen LogP contribution in [0.5, 0.6) is 0 Å². The summed E-state index contributed by atoms with van der Waals surface area (Å²) in [6, 6.07) is 0. The Morgan fingerprint density at radius 2 is 1.92 bits per heavy atom. The molecule has 4 heteroatoms. The fraction of sp³-hybridized carbons (Fsp3) is 0.810. The van der Waals surface area contributed by atoms with E-state index in [0.717, 1.165) is 57.7 Å². The predicted octanol–water partition coefficient (Wildman–Crippen LogP) is 3.98. The van der Waals surface area contributed by atoms with E-state index in [-0.39, 0.29) is 24.0 Å². The molecule has 0 spiro atoms. The zero-order valence-corrected chi connectivity index (χ0v) is 16.0. The van der Waals surface area contributed by atoms with Crippen LogP contribution < -0.4 is 0 Å². The van der Waals surface area contributed by atoms with Gasteiger partial charge < -0.3 is 15.0 Å². The van der Waals surface area contributed by atoms with E-state index in [2.05, 4.69) is 6.92 Å². The third-order valence-corrected chi connectivity index (χ3v) is 5.30. The Morgan fingerprint density at radius 1 is 1.20 bits per heavy atom. The lowest BCUT2D eigenvalue weighted by atomic mass is 9.87. The molecule has 0 radical (unpaired) electrons. The van der Waals surface area contributed by atoms with Crippen molar-refractivity contribution < 1.29 is 19.8 Å². The third kappa shape index (κ3) is 8.28. The van der Waals surface area contributed by atoms with Gasteiger partial charge in [-0.1, -0.05) is 51.2 Å². The molecule has 0 aromatic heterocycles. The van der Waals surface area contributed by atoms with E-state index >= 15 is 0 Å². The molecule has 4 nitrogen and oxygen atoms in total. The standard InChI is InChI=1S/C21H36O4/c1-3-4-13-21(2,25)14-10-12-18-17(19(23)16-20(18)24)11-8-6-5-7-9-15-22/h10,12,15,17-18,20,24-25H,3-9,11,13-14,16H2,1-2H3/b12-10+/t17-,18-,20-,21?/m0/s1. The van der Waals surface area contributed by atoms with Crippen LogP contribution in [0.1, 0.15) is 84.5 Å². The van der Waals surface area contributed by atoms with Crippen molar-refractivity contribution in [2.45, 2.75) is 96.2 Å². The van der Waals surface area contributed by atoms with Crippen molar-refractivity contribution in [2.75, 3.05) is 0 Å². The van der Waals surface area contributed by atoms with E-state index in [1.165, 1.54) is 0 Å². The van der Waals surface area contributed by atoms with E-state index in [1.54, 1.807) is 0 Å². The quantitative estimate of drug-likeness (QED) is 0.299. The van der Waals surface area contributed by atoms with Crippen molar-refractivity contribution >= 4 is 12.1 Å². The SMILES string of the molecule is CCCCC(C)(O)C/C=C/[C@H]1[C@H](CCCCCCC=O)C(=O)C[C@@H]1O. The lowest BCUT2D eigenvalue weighted by Crippen LogP contribution is -2.23. The van der Waals surface area contributed by atoms with Crippen LogP contribution in [0.25, 0.3) is 0 Å². The van der Waals surface area contributed by atoms with Gasteiger partial charge in [-0.25, -0.2) is 0 Å². The average molecular weight is 353 g/mol. The molecule has 1 fully saturated rings. The summed E-state index contributed by atoms with van der Waals surface area (Å²) < 4.78 is 0. The number of hydrogen-bond acceptors (Lipinski definition) is 4. The van der Waals surface area contributed by atoms with Gasteiger partial charge in [0.1, 0.15) is 12.1 Å². The first kappa shape index (κ1) is 22.0. The second-order valence-electron chi connectivity index (χ2n) is 7.81. The first-order chi connectivity index (χ1) is 11.9. The number of aldehydes is 1. The fourth-order valence-corrected chi connectivity index (χ4v) is 3.68. The molecule has 1 unspecified atom stereocenters. The van der Waals surface area contributed by atoms with Gasteiger partial charge >= 0.3 is 0 Å². The van der Waals surface area contributed by atoms with Crippen molar-refractivity contribution in [3.63, 3.8) is 0 Å². The summed E-state index contributed by atoms with van der Waals surface area (Å²) in [7, 11) is 0. The van der Waals surface area contributed by atoms with Crippen LogP contribution in [-0.2, 0) is 9.59 Å². The van der Waals surface area contributed by atoms with E-state index in [0.29, 0.717) is 12.8 Å². The molecular weight excluding hydrogens is 316 g/mol. The Kier molecular flexibility index (Phi) is 10.2. The molecule has 0 aromatic rings. The van der Waals surface area contributed by atoms with Crippen LogP contribution in [0.15, 0.2) is 12.2 Å². The zero-order chi connectivity index (χ0) is 18.7. The van der Waals surface area contributed by atoms with Gasteiger partial charge in [0.15, 0.2) is 0 Å². The zero-order valence-electron chi connectivity index (χ0n) is 16.0. The van der Waals surface area contributed by atoms with Crippen LogP contribution in [0.3, 0.4) is 0 Å². The average Bonchev–Trinajstić information content (AvgIpc) is 2.82. The molecule has 0 saturated heterocycles. The highest BCUT2D eigenvalue weighted by atomic mass is 16.3. The summed E-state index contributed by atoms with van der Waals surface area (Å²) in [5.41, 5.74) is -0.714. The Morgan fingerprint density at radius 3 is 2.60 bits per heavy atom. The third-order valence-electron chi connectivity index (χ3n) is 5.30. The monoisotopic (exact) mass is 352 g/mol. The topological polar surface area (TPSA) is 74.6 Å². The Bertz CT molecular complexity index is 428. The second-order valence-corrected chi connectivity index (χ2v) is 7.81.